The number of anilines is 1. The Morgan fingerprint density at radius 1 is 0.812 bits per heavy atom. The van der Waals surface area contributed by atoms with Crippen LogP contribution in [0.2, 0.25) is 0 Å². The second-order valence-electron chi connectivity index (χ2n) is 3.36. The molecule has 1 nitrogen and oxygen atoms in total. The van der Waals surface area contributed by atoms with E-state index in [1.807, 2.05) is 0 Å². The third-order valence-electron chi connectivity index (χ3n) is 2.24. The Morgan fingerprint density at radius 2 is 1.56 bits per heavy atom. The van der Waals surface area contributed by atoms with Gasteiger partial charge in [0.25, 0.3) is 0 Å². The van der Waals surface area contributed by atoms with Gasteiger partial charge in [-0.15, -0.1) is 0 Å². The zero-order valence-corrected chi connectivity index (χ0v) is 8.18. The summed E-state index contributed by atoms with van der Waals surface area (Å²) in [4.78, 5) is 0. The van der Waals surface area contributed by atoms with Gasteiger partial charge in [0.05, 0.1) is 0 Å². The summed E-state index contributed by atoms with van der Waals surface area (Å²) in [6, 6.07) is 7.20. The molecule has 0 aliphatic carbocycles. The average Bonchev–Trinajstić information content (AvgIpc) is 2.22. The van der Waals surface area contributed by atoms with Gasteiger partial charge in [-0.25, -0.2) is 13.2 Å². The van der Waals surface area contributed by atoms with Gasteiger partial charge < -0.3 is 5.73 Å². The maximum Gasteiger partial charge on any atom is 0.159 e. The second kappa shape index (κ2) is 3.89. The fraction of sp³-hybridized carbons (Fsp3) is 0. The fourth-order valence-corrected chi connectivity index (χ4v) is 1.46. The molecule has 0 saturated carbocycles. The lowest BCUT2D eigenvalue weighted by atomic mass is 10.0. The number of hydrogen-bond acceptors (Lipinski definition) is 1. The van der Waals surface area contributed by atoms with Gasteiger partial charge in [0.1, 0.15) is 5.82 Å². The summed E-state index contributed by atoms with van der Waals surface area (Å²) >= 11 is 0. The fourth-order valence-electron chi connectivity index (χ4n) is 1.46. The highest BCUT2D eigenvalue weighted by molar-refractivity contribution is 5.76. The van der Waals surface area contributed by atoms with Crippen LogP contribution in [-0.4, -0.2) is 0 Å². The van der Waals surface area contributed by atoms with E-state index in [1.165, 1.54) is 18.2 Å². The monoisotopic (exact) mass is 223 g/mol. The molecule has 0 unspecified atom stereocenters. The van der Waals surface area contributed by atoms with Crippen molar-refractivity contribution < 1.29 is 13.2 Å². The SMILES string of the molecule is Nc1cc(F)ccc1-c1ccc(F)c(F)c1. The van der Waals surface area contributed by atoms with Gasteiger partial charge in [-0.1, -0.05) is 6.07 Å². The summed E-state index contributed by atoms with van der Waals surface area (Å²) in [6.07, 6.45) is 0. The molecule has 2 aromatic carbocycles. The largest absolute Gasteiger partial charge is 0.398 e. The minimum atomic E-state index is -0.957. The quantitative estimate of drug-likeness (QED) is 0.737. The van der Waals surface area contributed by atoms with Gasteiger partial charge in [-0.05, 0) is 35.9 Å². The summed E-state index contributed by atoms with van der Waals surface area (Å²) in [6.45, 7) is 0. The Hall–Kier alpha value is -1.97. The molecule has 0 spiro atoms. The van der Waals surface area contributed by atoms with Crippen molar-refractivity contribution in [3.63, 3.8) is 0 Å². The zero-order chi connectivity index (χ0) is 11.7. The Kier molecular flexibility index (Phi) is 2.56. The van der Waals surface area contributed by atoms with Crippen LogP contribution in [0.25, 0.3) is 11.1 Å². The van der Waals surface area contributed by atoms with Crippen LogP contribution in [0.5, 0.6) is 0 Å². The molecule has 0 fully saturated rings. The topological polar surface area (TPSA) is 26.0 Å². The van der Waals surface area contributed by atoms with E-state index >= 15 is 0 Å². The predicted octanol–water partition coefficient (Wildman–Crippen LogP) is 3.35. The maximum atomic E-state index is 13.0. The van der Waals surface area contributed by atoms with Gasteiger partial charge >= 0.3 is 0 Å². The van der Waals surface area contributed by atoms with E-state index in [0.717, 1.165) is 18.2 Å². The molecule has 0 radical (unpaired) electrons. The lowest BCUT2D eigenvalue weighted by Crippen LogP contribution is -1.92. The predicted molar refractivity (Wildman–Crippen MR) is 56.2 cm³/mol. The van der Waals surface area contributed by atoms with Crippen LogP contribution in [0.3, 0.4) is 0 Å². The Labute approximate surface area is 90.3 Å². The van der Waals surface area contributed by atoms with E-state index in [4.69, 9.17) is 5.73 Å². The van der Waals surface area contributed by atoms with Gasteiger partial charge in [0.2, 0.25) is 0 Å². The highest BCUT2D eigenvalue weighted by atomic mass is 19.2. The molecular formula is C12H8F3N. The molecular weight excluding hydrogens is 215 g/mol. The third-order valence-corrected chi connectivity index (χ3v) is 2.24. The first-order valence-electron chi connectivity index (χ1n) is 4.58. The first-order valence-corrected chi connectivity index (χ1v) is 4.58. The van der Waals surface area contributed by atoms with Crippen molar-refractivity contribution in [1.82, 2.24) is 0 Å². The number of nitrogen functional groups attached to an aromatic ring is 1. The lowest BCUT2D eigenvalue weighted by molar-refractivity contribution is 0.509. The molecule has 0 aromatic heterocycles. The molecule has 4 heteroatoms. The van der Waals surface area contributed by atoms with Crippen molar-refractivity contribution in [2.24, 2.45) is 0 Å². The standard InChI is InChI=1S/C12H8F3N/c13-8-2-3-9(12(16)6-8)7-1-4-10(14)11(15)5-7/h1-6H,16H2. The molecule has 0 bridgehead atoms. The molecule has 0 amide bonds. The molecule has 0 heterocycles. The van der Waals surface area contributed by atoms with E-state index in [2.05, 4.69) is 0 Å². The van der Waals surface area contributed by atoms with E-state index in [-0.39, 0.29) is 5.69 Å². The van der Waals surface area contributed by atoms with E-state index in [9.17, 15) is 13.2 Å². The molecule has 2 rings (SSSR count). The third kappa shape index (κ3) is 1.86. The van der Waals surface area contributed by atoms with Crippen LogP contribution in [0.1, 0.15) is 0 Å². The van der Waals surface area contributed by atoms with Crippen LogP contribution in [0, 0.1) is 17.5 Å². The van der Waals surface area contributed by atoms with E-state index in [1.54, 1.807) is 0 Å². The highest BCUT2D eigenvalue weighted by Crippen LogP contribution is 2.27. The van der Waals surface area contributed by atoms with Gasteiger partial charge in [-0.3, -0.25) is 0 Å². The smallest absolute Gasteiger partial charge is 0.159 e. The van der Waals surface area contributed by atoms with Crippen molar-refractivity contribution in [3.05, 3.63) is 53.8 Å². The van der Waals surface area contributed by atoms with Crippen molar-refractivity contribution >= 4 is 5.69 Å². The molecule has 0 aliphatic rings. The van der Waals surface area contributed by atoms with Crippen molar-refractivity contribution in [3.8, 4) is 11.1 Å². The molecule has 16 heavy (non-hydrogen) atoms. The summed E-state index contributed by atoms with van der Waals surface area (Å²) in [5.41, 5.74) is 6.66. The number of nitrogens with two attached hydrogens (primary N) is 1. The molecule has 0 saturated heterocycles. The zero-order valence-electron chi connectivity index (χ0n) is 8.18. The van der Waals surface area contributed by atoms with E-state index in [0.29, 0.717) is 11.1 Å². The van der Waals surface area contributed by atoms with E-state index < -0.39 is 17.5 Å². The number of hydrogen-bond donors (Lipinski definition) is 1. The first kappa shape index (κ1) is 10.5. The van der Waals surface area contributed by atoms with Gasteiger partial charge in [-0.2, -0.15) is 0 Å². The van der Waals surface area contributed by atoms with Crippen LogP contribution in [0.4, 0.5) is 18.9 Å². The minimum absolute atomic E-state index is 0.186. The Morgan fingerprint density at radius 3 is 2.19 bits per heavy atom. The van der Waals surface area contributed by atoms with Crippen molar-refractivity contribution in [2.75, 3.05) is 5.73 Å². The summed E-state index contributed by atoms with van der Waals surface area (Å²) in [5, 5.41) is 0. The van der Waals surface area contributed by atoms with Gasteiger partial charge in [0.15, 0.2) is 11.6 Å². The second-order valence-corrected chi connectivity index (χ2v) is 3.36. The number of halogens is 3. The summed E-state index contributed by atoms with van der Waals surface area (Å²) in [5.74, 6) is -2.35. The summed E-state index contributed by atoms with van der Waals surface area (Å²) in [7, 11) is 0. The highest BCUT2D eigenvalue weighted by Gasteiger charge is 2.07. The van der Waals surface area contributed by atoms with Crippen molar-refractivity contribution in [2.45, 2.75) is 0 Å². The number of rotatable bonds is 1. The van der Waals surface area contributed by atoms with Crippen LogP contribution >= 0.6 is 0 Å². The van der Waals surface area contributed by atoms with Crippen molar-refractivity contribution in [1.29, 1.82) is 0 Å². The Bertz CT molecular complexity index is 538. The summed E-state index contributed by atoms with van der Waals surface area (Å²) < 4.78 is 38.5. The molecule has 2 aromatic rings. The molecule has 2 N–H and O–H groups in total. The van der Waals surface area contributed by atoms with Crippen LogP contribution in [-0.2, 0) is 0 Å². The molecule has 0 aliphatic heterocycles. The van der Waals surface area contributed by atoms with Crippen LogP contribution in [0.15, 0.2) is 36.4 Å². The van der Waals surface area contributed by atoms with Crippen LogP contribution < -0.4 is 5.73 Å². The number of benzene rings is 2. The first-order chi connectivity index (χ1) is 7.58. The molecule has 0 atom stereocenters. The lowest BCUT2D eigenvalue weighted by Gasteiger charge is -2.06. The molecule has 82 valence electrons. The average molecular weight is 223 g/mol. The van der Waals surface area contributed by atoms with Gasteiger partial charge in [0, 0.05) is 11.3 Å². The Balaban J connectivity index is 2.54. The minimum Gasteiger partial charge on any atom is -0.398 e. The maximum absolute atomic E-state index is 13.0. The normalized spacial score (nSPS) is 10.4.